The maximum Gasteiger partial charge on any atom is 0.224 e. The molecule has 1 N–H and O–H groups in total. The fourth-order valence-electron chi connectivity index (χ4n) is 1.87. The van der Waals surface area contributed by atoms with Gasteiger partial charge in [-0.3, -0.25) is 0 Å². The van der Waals surface area contributed by atoms with Gasteiger partial charge in [0.1, 0.15) is 5.82 Å². The third kappa shape index (κ3) is 3.06. The van der Waals surface area contributed by atoms with Crippen molar-refractivity contribution in [2.24, 2.45) is 0 Å². The topological polar surface area (TPSA) is 47.0 Å². The highest BCUT2D eigenvalue weighted by Crippen LogP contribution is 2.29. The molecule has 1 aromatic rings. The molecule has 0 radical (unpaired) electrons. The molecular formula is C11H16ClN3O. The van der Waals surface area contributed by atoms with Crippen LogP contribution < -0.4 is 5.32 Å². The van der Waals surface area contributed by atoms with Crippen LogP contribution in [-0.4, -0.2) is 28.2 Å². The number of aromatic nitrogens is 2. The zero-order valence-corrected chi connectivity index (χ0v) is 10.3. The van der Waals surface area contributed by atoms with Crippen LogP contribution in [0.5, 0.6) is 0 Å². The normalized spacial score (nSPS) is 23.3. The molecule has 0 bridgehead atoms. The zero-order chi connectivity index (χ0) is 11.6. The maximum atomic E-state index is 5.86. The molecule has 1 aliphatic heterocycles. The van der Waals surface area contributed by atoms with Crippen molar-refractivity contribution in [1.82, 2.24) is 9.97 Å². The smallest absolute Gasteiger partial charge is 0.224 e. The molecule has 0 aromatic carbocycles. The Kier molecular flexibility index (Phi) is 3.30. The van der Waals surface area contributed by atoms with E-state index in [0.717, 1.165) is 25.2 Å². The van der Waals surface area contributed by atoms with Gasteiger partial charge < -0.3 is 10.1 Å². The summed E-state index contributed by atoms with van der Waals surface area (Å²) in [6.07, 6.45) is 4.07. The average Bonchev–Trinajstić information content (AvgIpc) is 2.56. The van der Waals surface area contributed by atoms with E-state index in [1.54, 1.807) is 12.3 Å². The van der Waals surface area contributed by atoms with E-state index in [4.69, 9.17) is 16.3 Å². The summed E-state index contributed by atoms with van der Waals surface area (Å²) in [4.78, 5) is 7.88. The van der Waals surface area contributed by atoms with Crippen molar-refractivity contribution in [3.8, 4) is 0 Å². The van der Waals surface area contributed by atoms with Gasteiger partial charge in [0.25, 0.3) is 0 Å². The van der Waals surface area contributed by atoms with E-state index in [2.05, 4.69) is 29.1 Å². The van der Waals surface area contributed by atoms with Crippen molar-refractivity contribution < 1.29 is 4.74 Å². The van der Waals surface area contributed by atoms with Gasteiger partial charge in [-0.2, -0.15) is 0 Å². The van der Waals surface area contributed by atoms with E-state index in [9.17, 15) is 0 Å². The SMILES string of the molecule is CC1(C)CCC(CNc2ccnc(Cl)n2)O1. The fraction of sp³-hybridized carbons (Fsp3) is 0.636. The molecule has 2 rings (SSSR count). The van der Waals surface area contributed by atoms with Gasteiger partial charge in [0.05, 0.1) is 11.7 Å². The summed E-state index contributed by atoms with van der Waals surface area (Å²) in [5.74, 6) is 0.744. The maximum absolute atomic E-state index is 5.86. The molecule has 0 amide bonds. The number of rotatable bonds is 3. The Morgan fingerprint density at radius 2 is 2.44 bits per heavy atom. The Morgan fingerprint density at radius 3 is 3.06 bits per heavy atom. The van der Waals surface area contributed by atoms with E-state index < -0.39 is 0 Å². The third-order valence-electron chi connectivity index (χ3n) is 2.69. The number of nitrogens with one attached hydrogen (secondary N) is 1. The van der Waals surface area contributed by atoms with Gasteiger partial charge in [0.2, 0.25) is 5.28 Å². The van der Waals surface area contributed by atoms with Gasteiger partial charge >= 0.3 is 0 Å². The summed E-state index contributed by atoms with van der Waals surface area (Å²) in [7, 11) is 0. The first-order valence-corrected chi connectivity index (χ1v) is 5.83. The number of hydrogen-bond acceptors (Lipinski definition) is 4. The van der Waals surface area contributed by atoms with Crippen molar-refractivity contribution in [3.05, 3.63) is 17.5 Å². The van der Waals surface area contributed by atoms with Crippen LogP contribution in [0.25, 0.3) is 0 Å². The quantitative estimate of drug-likeness (QED) is 0.826. The van der Waals surface area contributed by atoms with Crippen LogP contribution in [0.15, 0.2) is 12.3 Å². The Balaban J connectivity index is 1.84. The van der Waals surface area contributed by atoms with Crippen LogP contribution in [0, 0.1) is 0 Å². The molecule has 16 heavy (non-hydrogen) atoms. The van der Waals surface area contributed by atoms with Gasteiger partial charge in [0.15, 0.2) is 0 Å². The lowest BCUT2D eigenvalue weighted by atomic mass is 10.1. The number of nitrogens with zero attached hydrogens (tertiary/aromatic N) is 2. The highest BCUT2D eigenvalue weighted by molar-refractivity contribution is 6.28. The molecule has 2 heterocycles. The second kappa shape index (κ2) is 4.55. The molecule has 88 valence electrons. The molecule has 0 spiro atoms. The molecule has 1 saturated heterocycles. The van der Waals surface area contributed by atoms with Gasteiger partial charge in [-0.15, -0.1) is 0 Å². The number of ether oxygens (including phenoxy) is 1. The predicted molar refractivity (Wildman–Crippen MR) is 63.7 cm³/mol. The Bertz CT molecular complexity index is 370. The first-order valence-electron chi connectivity index (χ1n) is 5.45. The van der Waals surface area contributed by atoms with E-state index in [1.165, 1.54) is 0 Å². The van der Waals surface area contributed by atoms with E-state index in [0.29, 0.717) is 0 Å². The standard InChI is InChI=1S/C11H16ClN3O/c1-11(2)5-3-8(16-11)7-14-9-4-6-13-10(12)15-9/h4,6,8H,3,5,7H2,1-2H3,(H,13,14,15). The van der Waals surface area contributed by atoms with Crippen molar-refractivity contribution in [1.29, 1.82) is 0 Å². The van der Waals surface area contributed by atoms with Crippen molar-refractivity contribution in [2.45, 2.75) is 38.4 Å². The lowest BCUT2D eigenvalue weighted by Gasteiger charge is -2.19. The largest absolute Gasteiger partial charge is 0.371 e. The summed E-state index contributed by atoms with van der Waals surface area (Å²) < 4.78 is 5.86. The molecular weight excluding hydrogens is 226 g/mol. The van der Waals surface area contributed by atoms with E-state index in [-0.39, 0.29) is 17.0 Å². The molecule has 0 aliphatic carbocycles. The first-order chi connectivity index (χ1) is 7.55. The Labute approximate surface area is 100 Å². The third-order valence-corrected chi connectivity index (χ3v) is 2.87. The van der Waals surface area contributed by atoms with Crippen molar-refractivity contribution >= 4 is 17.4 Å². The Morgan fingerprint density at radius 1 is 1.62 bits per heavy atom. The molecule has 1 aliphatic rings. The lowest BCUT2D eigenvalue weighted by molar-refractivity contribution is -0.00913. The number of hydrogen-bond donors (Lipinski definition) is 1. The molecule has 1 atom stereocenters. The van der Waals surface area contributed by atoms with Crippen molar-refractivity contribution in [2.75, 3.05) is 11.9 Å². The molecule has 1 unspecified atom stereocenters. The molecule has 1 aromatic heterocycles. The minimum Gasteiger partial charge on any atom is -0.371 e. The first kappa shape index (κ1) is 11.6. The molecule has 5 heteroatoms. The summed E-state index contributed by atoms with van der Waals surface area (Å²) in [5.41, 5.74) is 0.00959. The van der Waals surface area contributed by atoms with E-state index >= 15 is 0 Å². The van der Waals surface area contributed by atoms with Crippen molar-refractivity contribution in [3.63, 3.8) is 0 Å². The van der Waals surface area contributed by atoms with Gasteiger partial charge in [-0.1, -0.05) is 0 Å². The van der Waals surface area contributed by atoms with Crippen LogP contribution >= 0.6 is 11.6 Å². The second-order valence-electron chi connectivity index (χ2n) is 4.63. The average molecular weight is 242 g/mol. The second-order valence-corrected chi connectivity index (χ2v) is 4.97. The highest BCUT2D eigenvalue weighted by Gasteiger charge is 2.31. The Hall–Kier alpha value is -0.870. The van der Waals surface area contributed by atoms with Gasteiger partial charge in [-0.05, 0) is 44.4 Å². The van der Waals surface area contributed by atoms with Gasteiger partial charge in [-0.25, -0.2) is 9.97 Å². The summed E-state index contributed by atoms with van der Waals surface area (Å²) >= 11 is 5.69. The summed E-state index contributed by atoms with van der Waals surface area (Å²) in [5, 5.41) is 3.47. The minimum absolute atomic E-state index is 0.00959. The molecule has 4 nitrogen and oxygen atoms in total. The zero-order valence-electron chi connectivity index (χ0n) is 9.53. The van der Waals surface area contributed by atoms with Crippen LogP contribution in [0.2, 0.25) is 5.28 Å². The lowest BCUT2D eigenvalue weighted by Crippen LogP contribution is -2.25. The highest BCUT2D eigenvalue weighted by atomic mass is 35.5. The van der Waals surface area contributed by atoms with Crippen LogP contribution in [0.3, 0.4) is 0 Å². The number of anilines is 1. The van der Waals surface area contributed by atoms with Crippen LogP contribution in [0.4, 0.5) is 5.82 Å². The fourth-order valence-corrected chi connectivity index (χ4v) is 2.02. The minimum atomic E-state index is 0.00959. The van der Waals surface area contributed by atoms with Crippen LogP contribution in [-0.2, 0) is 4.74 Å². The predicted octanol–water partition coefficient (Wildman–Crippen LogP) is 2.50. The van der Waals surface area contributed by atoms with E-state index in [1.807, 2.05) is 0 Å². The van der Waals surface area contributed by atoms with Gasteiger partial charge in [0, 0.05) is 12.7 Å². The summed E-state index contributed by atoms with van der Waals surface area (Å²) in [6, 6.07) is 1.80. The monoisotopic (exact) mass is 241 g/mol. The van der Waals surface area contributed by atoms with Crippen LogP contribution in [0.1, 0.15) is 26.7 Å². The molecule has 1 fully saturated rings. The summed E-state index contributed by atoms with van der Waals surface area (Å²) in [6.45, 7) is 5.00. The molecule has 0 saturated carbocycles. The number of halogens is 1.